The lowest BCUT2D eigenvalue weighted by Gasteiger charge is -2.30. The number of hydrogen-bond acceptors (Lipinski definition) is 2. The second-order valence-electron chi connectivity index (χ2n) is 3.71. The van der Waals surface area contributed by atoms with Gasteiger partial charge in [-0.05, 0) is 45.4 Å². The van der Waals surface area contributed by atoms with Crippen LogP contribution < -0.4 is 5.32 Å². The second kappa shape index (κ2) is 4.83. The first-order valence-electron chi connectivity index (χ1n) is 5.24. The number of nitrogens with one attached hydrogen (secondary N) is 1. The molecule has 2 heteroatoms. The Labute approximate surface area is 76.3 Å². The van der Waals surface area contributed by atoms with Crippen LogP contribution in [0.1, 0.15) is 27.2 Å². The lowest BCUT2D eigenvalue weighted by Crippen LogP contribution is -2.39. The SMILES string of the molecule is CCN(CC)[C@@H](C)[C@H]1CCNC1. The Bertz CT molecular complexity index is 113. The molecule has 0 aliphatic carbocycles. The smallest absolute Gasteiger partial charge is 0.0108 e. The minimum Gasteiger partial charge on any atom is -0.316 e. The predicted molar refractivity (Wildman–Crippen MR) is 53.4 cm³/mol. The summed E-state index contributed by atoms with van der Waals surface area (Å²) in [5.74, 6) is 0.880. The van der Waals surface area contributed by atoms with Crippen LogP contribution in [-0.2, 0) is 0 Å². The van der Waals surface area contributed by atoms with E-state index in [1.807, 2.05) is 0 Å². The molecule has 12 heavy (non-hydrogen) atoms. The molecule has 1 heterocycles. The molecule has 0 radical (unpaired) electrons. The Morgan fingerprint density at radius 3 is 2.50 bits per heavy atom. The van der Waals surface area contributed by atoms with Crippen molar-refractivity contribution in [3.63, 3.8) is 0 Å². The third-order valence-corrected chi connectivity index (χ3v) is 3.17. The van der Waals surface area contributed by atoms with E-state index >= 15 is 0 Å². The quantitative estimate of drug-likeness (QED) is 0.684. The Morgan fingerprint density at radius 1 is 1.42 bits per heavy atom. The van der Waals surface area contributed by atoms with E-state index in [4.69, 9.17) is 0 Å². The third-order valence-electron chi connectivity index (χ3n) is 3.17. The molecule has 2 atom stereocenters. The van der Waals surface area contributed by atoms with Crippen molar-refractivity contribution in [3.05, 3.63) is 0 Å². The minimum absolute atomic E-state index is 0.759. The monoisotopic (exact) mass is 170 g/mol. The fourth-order valence-corrected chi connectivity index (χ4v) is 2.19. The minimum atomic E-state index is 0.759. The van der Waals surface area contributed by atoms with Gasteiger partial charge in [0.2, 0.25) is 0 Å². The molecular formula is C10H22N2. The molecule has 0 saturated carbocycles. The van der Waals surface area contributed by atoms with E-state index in [0.717, 1.165) is 12.0 Å². The highest BCUT2D eigenvalue weighted by Crippen LogP contribution is 2.17. The van der Waals surface area contributed by atoms with Gasteiger partial charge in [0.15, 0.2) is 0 Å². The molecule has 1 rings (SSSR count). The lowest BCUT2D eigenvalue weighted by molar-refractivity contribution is 0.178. The normalized spacial score (nSPS) is 26.5. The van der Waals surface area contributed by atoms with Crippen LogP contribution in [0.15, 0.2) is 0 Å². The molecule has 72 valence electrons. The summed E-state index contributed by atoms with van der Waals surface area (Å²) in [7, 11) is 0. The fraction of sp³-hybridized carbons (Fsp3) is 1.00. The van der Waals surface area contributed by atoms with Gasteiger partial charge < -0.3 is 10.2 Å². The van der Waals surface area contributed by atoms with Crippen LogP contribution in [0.5, 0.6) is 0 Å². The molecule has 0 bridgehead atoms. The third kappa shape index (κ3) is 2.20. The standard InChI is InChI=1S/C10H22N2/c1-4-12(5-2)9(3)10-6-7-11-8-10/h9-11H,4-8H2,1-3H3/t9-,10-/m0/s1. The maximum absolute atomic E-state index is 3.43. The van der Waals surface area contributed by atoms with E-state index in [1.165, 1.54) is 32.6 Å². The van der Waals surface area contributed by atoms with Crippen molar-refractivity contribution < 1.29 is 0 Å². The van der Waals surface area contributed by atoms with E-state index in [0.29, 0.717) is 0 Å². The first-order valence-corrected chi connectivity index (χ1v) is 5.24. The second-order valence-corrected chi connectivity index (χ2v) is 3.71. The molecule has 0 unspecified atom stereocenters. The highest BCUT2D eigenvalue weighted by atomic mass is 15.1. The zero-order valence-electron chi connectivity index (χ0n) is 8.64. The van der Waals surface area contributed by atoms with Gasteiger partial charge >= 0.3 is 0 Å². The molecule has 1 aliphatic rings. The molecular weight excluding hydrogens is 148 g/mol. The van der Waals surface area contributed by atoms with Crippen molar-refractivity contribution in [2.75, 3.05) is 26.2 Å². The van der Waals surface area contributed by atoms with Gasteiger partial charge in [0.25, 0.3) is 0 Å². The van der Waals surface area contributed by atoms with Crippen LogP contribution in [0, 0.1) is 5.92 Å². The zero-order chi connectivity index (χ0) is 8.97. The predicted octanol–water partition coefficient (Wildman–Crippen LogP) is 1.33. The summed E-state index contributed by atoms with van der Waals surface area (Å²) in [6.45, 7) is 11.7. The Hall–Kier alpha value is -0.0800. The molecule has 1 fully saturated rings. The molecule has 0 aromatic carbocycles. The lowest BCUT2D eigenvalue weighted by atomic mass is 9.99. The molecule has 0 aromatic rings. The summed E-state index contributed by atoms with van der Waals surface area (Å²) in [4.78, 5) is 2.55. The van der Waals surface area contributed by atoms with Gasteiger partial charge in [-0.25, -0.2) is 0 Å². The highest BCUT2D eigenvalue weighted by Gasteiger charge is 2.24. The Balaban J connectivity index is 2.37. The van der Waals surface area contributed by atoms with Gasteiger partial charge in [-0.2, -0.15) is 0 Å². The number of rotatable bonds is 4. The Morgan fingerprint density at radius 2 is 2.08 bits per heavy atom. The first kappa shape index (κ1) is 10.0. The summed E-state index contributed by atoms with van der Waals surface area (Å²) in [5.41, 5.74) is 0. The van der Waals surface area contributed by atoms with E-state index in [2.05, 4.69) is 31.0 Å². The average Bonchev–Trinajstić information content (AvgIpc) is 2.58. The summed E-state index contributed by atoms with van der Waals surface area (Å²) < 4.78 is 0. The molecule has 0 spiro atoms. The molecule has 2 nitrogen and oxygen atoms in total. The van der Waals surface area contributed by atoms with Crippen molar-refractivity contribution in [2.24, 2.45) is 5.92 Å². The van der Waals surface area contributed by atoms with Gasteiger partial charge in [0.05, 0.1) is 0 Å². The maximum Gasteiger partial charge on any atom is 0.0108 e. The van der Waals surface area contributed by atoms with Gasteiger partial charge in [-0.3, -0.25) is 0 Å². The van der Waals surface area contributed by atoms with Crippen molar-refractivity contribution in [3.8, 4) is 0 Å². The molecule has 0 aromatic heterocycles. The van der Waals surface area contributed by atoms with Gasteiger partial charge in [0.1, 0.15) is 0 Å². The summed E-state index contributed by atoms with van der Waals surface area (Å²) >= 11 is 0. The van der Waals surface area contributed by atoms with Crippen LogP contribution in [0.25, 0.3) is 0 Å². The summed E-state index contributed by atoms with van der Waals surface area (Å²) in [5, 5.41) is 3.43. The van der Waals surface area contributed by atoms with Gasteiger partial charge in [0, 0.05) is 6.04 Å². The van der Waals surface area contributed by atoms with Crippen molar-refractivity contribution in [2.45, 2.75) is 33.2 Å². The average molecular weight is 170 g/mol. The summed E-state index contributed by atoms with van der Waals surface area (Å²) in [6, 6.07) is 0.759. The number of nitrogens with zero attached hydrogens (tertiary/aromatic N) is 1. The fourth-order valence-electron chi connectivity index (χ4n) is 2.19. The molecule has 1 N–H and O–H groups in total. The van der Waals surface area contributed by atoms with Crippen LogP contribution >= 0.6 is 0 Å². The van der Waals surface area contributed by atoms with Crippen LogP contribution in [-0.4, -0.2) is 37.1 Å². The molecule has 1 aliphatic heterocycles. The van der Waals surface area contributed by atoms with E-state index in [1.54, 1.807) is 0 Å². The van der Waals surface area contributed by atoms with Crippen molar-refractivity contribution in [1.82, 2.24) is 10.2 Å². The molecule has 0 amide bonds. The molecule has 1 saturated heterocycles. The summed E-state index contributed by atoms with van der Waals surface area (Å²) in [6.07, 6.45) is 1.36. The largest absolute Gasteiger partial charge is 0.316 e. The van der Waals surface area contributed by atoms with Crippen LogP contribution in [0.2, 0.25) is 0 Å². The Kier molecular flexibility index (Phi) is 4.02. The van der Waals surface area contributed by atoms with Gasteiger partial charge in [-0.15, -0.1) is 0 Å². The highest BCUT2D eigenvalue weighted by molar-refractivity contribution is 4.81. The van der Waals surface area contributed by atoms with Crippen molar-refractivity contribution in [1.29, 1.82) is 0 Å². The zero-order valence-corrected chi connectivity index (χ0v) is 8.64. The van der Waals surface area contributed by atoms with Crippen LogP contribution in [0.3, 0.4) is 0 Å². The number of hydrogen-bond donors (Lipinski definition) is 1. The van der Waals surface area contributed by atoms with Crippen molar-refractivity contribution >= 4 is 0 Å². The van der Waals surface area contributed by atoms with E-state index < -0.39 is 0 Å². The van der Waals surface area contributed by atoms with Gasteiger partial charge in [-0.1, -0.05) is 13.8 Å². The topological polar surface area (TPSA) is 15.3 Å². The van der Waals surface area contributed by atoms with E-state index in [9.17, 15) is 0 Å². The first-order chi connectivity index (χ1) is 5.79. The van der Waals surface area contributed by atoms with Crippen LogP contribution in [0.4, 0.5) is 0 Å². The van der Waals surface area contributed by atoms with E-state index in [-0.39, 0.29) is 0 Å². The maximum atomic E-state index is 3.43.